The van der Waals surface area contributed by atoms with Crippen LogP contribution in [0.15, 0.2) is 42.5 Å². The summed E-state index contributed by atoms with van der Waals surface area (Å²) in [6.07, 6.45) is -5.92. The Labute approximate surface area is 120 Å². The van der Waals surface area contributed by atoms with Gasteiger partial charge in [0.25, 0.3) is 0 Å². The summed E-state index contributed by atoms with van der Waals surface area (Å²) in [4.78, 5) is 0. The van der Waals surface area contributed by atoms with Crippen LogP contribution in [0.2, 0.25) is 0 Å². The summed E-state index contributed by atoms with van der Waals surface area (Å²) in [7, 11) is 1.42. The third-order valence-corrected chi connectivity index (χ3v) is 3.24. The number of hydrogen-bond donors (Lipinski definition) is 1. The molecule has 0 aromatic heterocycles. The number of hydrogen-bond acceptors (Lipinski definition) is 2. The monoisotopic (exact) mass is 296 g/mol. The van der Waals surface area contributed by atoms with Crippen molar-refractivity contribution in [1.82, 2.24) is 0 Å². The van der Waals surface area contributed by atoms with E-state index in [4.69, 9.17) is 4.74 Å². The Bertz CT molecular complexity index is 636. The molecule has 0 aliphatic carbocycles. The molecule has 0 spiro atoms. The Morgan fingerprint density at radius 2 is 1.71 bits per heavy atom. The van der Waals surface area contributed by atoms with Gasteiger partial charge in [-0.3, -0.25) is 0 Å². The fourth-order valence-electron chi connectivity index (χ4n) is 2.21. The molecule has 1 atom stereocenters. The van der Waals surface area contributed by atoms with Crippen molar-refractivity contribution in [2.24, 2.45) is 0 Å². The number of halogens is 3. The Balaban J connectivity index is 2.53. The molecule has 0 radical (unpaired) electrons. The first-order valence-electron chi connectivity index (χ1n) is 6.33. The molecule has 0 bridgehead atoms. The maximum absolute atomic E-state index is 13.0. The second kappa shape index (κ2) is 5.77. The van der Waals surface area contributed by atoms with Crippen molar-refractivity contribution in [2.45, 2.75) is 19.2 Å². The molecule has 0 saturated carbocycles. The molecule has 2 aromatic carbocycles. The average Bonchev–Trinajstić information content (AvgIpc) is 2.45. The molecular weight excluding hydrogens is 281 g/mol. The van der Waals surface area contributed by atoms with Gasteiger partial charge in [-0.05, 0) is 30.2 Å². The topological polar surface area (TPSA) is 29.5 Å². The van der Waals surface area contributed by atoms with Crippen molar-refractivity contribution in [1.29, 1.82) is 0 Å². The van der Waals surface area contributed by atoms with Crippen LogP contribution in [0.1, 0.15) is 28.4 Å². The van der Waals surface area contributed by atoms with Crippen molar-refractivity contribution in [3.05, 3.63) is 64.7 Å². The van der Waals surface area contributed by atoms with Crippen molar-refractivity contribution in [3.63, 3.8) is 0 Å². The van der Waals surface area contributed by atoms with Crippen LogP contribution in [0.5, 0.6) is 5.75 Å². The molecule has 1 unspecified atom stereocenters. The van der Waals surface area contributed by atoms with E-state index >= 15 is 0 Å². The van der Waals surface area contributed by atoms with Crippen LogP contribution in [-0.2, 0) is 6.18 Å². The zero-order valence-electron chi connectivity index (χ0n) is 11.6. The lowest BCUT2D eigenvalue weighted by atomic mass is 9.95. The fourth-order valence-corrected chi connectivity index (χ4v) is 2.21. The molecule has 0 aliphatic heterocycles. The van der Waals surface area contributed by atoms with E-state index in [2.05, 4.69) is 0 Å². The lowest BCUT2D eigenvalue weighted by Gasteiger charge is -2.19. The summed E-state index contributed by atoms with van der Waals surface area (Å²) in [5.74, 6) is 0.361. The summed E-state index contributed by atoms with van der Waals surface area (Å²) in [5, 5.41) is 10.4. The van der Waals surface area contributed by atoms with Gasteiger partial charge >= 0.3 is 6.18 Å². The van der Waals surface area contributed by atoms with E-state index in [1.165, 1.54) is 25.3 Å². The normalized spacial score (nSPS) is 13.0. The predicted molar refractivity (Wildman–Crippen MR) is 73.2 cm³/mol. The molecule has 21 heavy (non-hydrogen) atoms. The van der Waals surface area contributed by atoms with Gasteiger partial charge in [-0.25, -0.2) is 0 Å². The van der Waals surface area contributed by atoms with E-state index in [-0.39, 0.29) is 5.56 Å². The second-order valence-electron chi connectivity index (χ2n) is 4.73. The van der Waals surface area contributed by atoms with E-state index in [1.54, 1.807) is 18.2 Å². The summed E-state index contributed by atoms with van der Waals surface area (Å²) in [6, 6.07) is 9.96. The number of benzene rings is 2. The van der Waals surface area contributed by atoms with Gasteiger partial charge in [-0.2, -0.15) is 13.2 Å². The molecule has 2 nitrogen and oxygen atoms in total. The number of aryl methyl sites for hydroxylation is 1. The molecule has 5 heteroatoms. The second-order valence-corrected chi connectivity index (χ2v) is 4.73. The van der Waals surface area contributed by atoms with Gasteiger partial charge in [-0.15, -0.1) is 0 Å². The lowest BCUT2D eigenvalue weighted by molar-refractivity contribution is -0.139. The van der Waals surface area contributed by atoms with Crippen LogP contribution in [0.25, 0.3) is 0 Å². The molecule has 0 aliphatic rings. The Kier molecular flexibility index (Phi) is 4.23. The predicted octanol–water partition coefficient (Wildman–Crippen LogP) is 4.10. The van der Waals surface area contributed by atoms with E-state index in [0.717, 1.165) is 11.6 Å². The minimum absolute atomic E-state index is 0.188. The number of aliphatic hydroxyl groups excluding tert-OH is 1. The molecule has 0 saturated heterocycles. The van der Waals surface area contributed by atoms with E-state index in [9.17, 15) is 18.3 Å². The Morgan fingerprint density at radius 1 is 1.05 bits per heavy atom. The summed E-state index contributed by atoms with van der Waals surface area (Å²) >= 11 is 0. The van der Waals surface area contributed by atoms with Crippen molar-refractivity contribution in [3.8, 4) is 5.75 Å². The number of rotatable bonds is 3. The standard InChI is InChI=1S/C16H15F3O2/c1-10-7-8-12(14(9-10)21-2)15(20)11-5-3-4-6-13(11)16(17,18)19/h3-9,15,20H,1-2H3. The summed E-state index contributed by atoms with van der Waals surface area (Å²) in [5.41, 5.74) is 0.166. The SMILES string of the molecule is COc1cc(C)ccc1C(O)c1ccccc1C(F)(F)F. The van der Waals surface area contributed by atoms with Crippen molar-refractivity contribution < 1.29 is 23.0 Å². The van der Waals surface area contributed by atoms with Gasteiger partial charge in [0, 0.05) is 5.56 Å². The average molecular weight is 296 g/mol. The molecule has 2 rings (SSSR count). The smallest absolute Gasteiger partial charge is 0.416 e. The quantitative estimate of drug-likeness (QED) is 0.924. The number of alkyl halides is 3. The maximum atomic E-state index is 13.0. The molecule has 1 N–H and O–H groups in total. The van der Waals surface area contributed by atoms with Crippen LogP contribution in [0.3, 0.4) is 0 Å². The van der Waals surface area contributed by atoms with Crippen LogP contribution < -0.4 is 4.74 Å². The Hall–Kier alpha value is -2.01. The summed E-state index contributed by atoms with van der Waals surface area (Å²) in [6.45, 7) is 1.84. The number of aliphatic hydroxyl groups is 1. The zero-order chi connectivity index (χ0) is 15.6. The first-order chi connectivity index (χ1) is 9.84. The molecule has 0 amide bonds. The van der Waals surface area contributed by atoms with Crippen LogP contribution in [0, 0.1) is 6.92 Å². The Morgan fingerprint density at radius 3 is 2.33 bits per heavy atom. The third-order valence-electron chi connectivity index (χ3n) is 3.24. The lowest BCUT2D eigenvalue weighted by Crippen LogP contribution is -2.13. The highest BCUT2D eigenvalue weighted by molar-refractivity contribution is 5.45. The first-order valence-corrected chi connectivity index (χ1v) is 6.33. The minimum atomic E-state index is -4.52. The van der Waals surface area contributed by atoms with Gasteiger partial charge in [-0.1, -0.05) is 30.3 Å². The van der Waals surface area contributed by atoms with Gasteiger partial charge in [0.2, 0.25) is 0 Å². The molecule has 0 fully saturated rings. The van der Waals surface area contributed by atoms with Crippen LogP contribution >= 0.6 is 0 Å². The highest BCUT2D eigenvalue weighted by Crippen LogP contribution is 2.38. The fraction of sp³-hybridized carbons (Fsp3) is 0.250. The minimum Gasteiger partial charge on any atom is -0.496 e. The molecular formula is C16H15F3O2. The first kappa shape index (κ1) is 15.4. The van der Waals surface area contributed by atoms with Gasteiger partial charge in [0.1, 0.15) is 11.9 Å². The zero-order valence-corrected chi connectivity index (χ0v) is 11.6. The molecule has 0 heterocycles. The van der Waals surface area contributed by atoms with Gasteiger partial charge in [0.05, 0.1) is 12.7 Å². The van der Waals surface area contributed by atoms with Gasteiger partial charge < -0.3 is 9.84 Å². The largest absolute Gasteiger partial charge is 0.496 e. The molecule has 112 valence electrons. The summed E-state index contributed by atoms with van der Waals surface area (Å²) < 4.78 is 44.2. The third kappa shape index (κ3) is 3.19. The molecule has 2 aromatic rings. The number of methoxy groups -OCH3 is 1. The maximum Gasteiger partial charge on any atom is 0.416 e. The van der Waals surface area contributed by atoms with Crippen LogP contribution in [0.4, 0.5) is 13.2 Å². The highest BCUT2D eigenvalue weighted by Gasteiger charge is 2.35. The van der Waals surface area contributed by atoms with Crippen molar-refractivity contribution >= 4 is 0 Å². The van der Waals surface area contributed by atoms with Crippen molar-refractivity contribution in [2.75, 3.05) is 7.11 Å². The van der Waals surface area contributed by atoms with Crippen LogP contribution in [-0.4, -0.2) is 12.2 Å². The highest BCUT2D eigenvalue weighted by atomic mass is 19.4. The number of ether oxygens (including phenoxy) is 1. The van der Waals surface area contributed by atoms with E-state index < -0.39 is 17.8 Å². The van der Waals surface area contributed by atoms with Gasteiger partial charge in [0.15, 0.2) is 0 Å². The van der Waals surface area contributed by atoms with E-state index in [0.29, 0.717) is 11.3 Å². The van der Waals surface area contributed by atoms with E-state index in [1.807, 2.05) is 6.92 Å².